The highest BCUT2D eigenvalue weighted by Gasteiger charge is 2.21. The van der Waals surface area contributed by atoms with E-state index in [1.807, 2.05) is 12.1 Å². The number of amides is 1. The molecule has 0 saturated carbocycles. The van der Waals surface area contributed by atoms with Crippen molar-refractivity contribution in [2.24, 2.45) is 0 Å². The van der Waals surface area contributed by atoms with Crippen molar-refractivity contribution in [1.29, 1.82) is 0 Å². The lowest BCUT2D eigenvalue weighted by Crippen LogP contribution is -2.12. The van der Waals surface area contributed by atoms with E-state index in [1.165, 1.54) is 55.6 Å². The van der Waals surface area contributed by atoms with Gasteiger partial charge in [-0.2, -0.15) is 0 Å². The Morgan fingerprint density at radius 1 is 0.889 bits per heavy atom. The van der Waals surface area contributed by atoms with Gasteiger partial charge in [0, 0.05) is 16.8 Å². The van der Waals surface area contributed by atoms with Gasteiger partial charge >= 0.3 is 0 Å². The van der Waals surface area contributed by atoms with Crippen molar-refractivity contribution in [2.75, 3.05) is 19.5 Å². The molecular formula is C26H22ClNO7S. The minimum atomic E-state index is -3.89. The molecule has 0 bridgehead atoms. The maximum atomic E-state index is 13.1. The highest BCUT2D eigenvalue weighted by molar-refractivity contribution is 7.91. The fourth-order valence-electron chi connectivity index (χ4n) is 3.32. The predicted molar refractivity (Wildman–Crippen MR) is 134 cm³/mol. The summed E-state index contributed by atoms with van der Waals surface area (Å²) in [5.41, 5.74) is 0.218. The fraction of sp³-hybridized carbons (Fsp3) is 0.115. The van der Waals surface area contributed by atoms with Crippen LogP contribution in [0.2, 0.25) is 5.02 Å². The van der Waals surface area contributed by atoms with Crippen LogP contribution in [0.3, 0.4) is 0 Å². The number of benzene rings is 3. The summed E-state index contributed by atoms with van der Waals surface area (Å²) in [4.78, 5) is 12.8. The number of furan rings is 1. The smallest absolute Gasteiger partial charge is 0.291 e. The molecule has 186 valence electrons. The van der Waals surface area contributed by atoms with Crippen molar-refractivity contribution >= 4 is 33.0 Å². The highest BCUT2D eigenvalue weighted by Crippen LogP contribution is 2.30. The third-order valence-corrected chi connectivity index (χ3v) is 7.13. The molecule has 0 aliphatic carbocycles. The van der Waals surface area contributed by atoms with Crippen LogP contribution < -0.4 is 19.5 Å². The Morgan fingerprint density at radius 3 is 2.31 bits per heavy atom. The molecule has 0 aliphatic heterocycles. The van der Waals surface area contributed by atoms with Crippen LogP contribution in [-0.2, 0) is 16.4 Å². The van der Waals surface area contributed by atoms with Crippen LogP contribution in [0.15, 0.2) is 93.1 Å². The van der Waals surface area contributed by atoms with Crippen LogP contribution in [0.4, 0.5) is 5.69 Å². The van der Waals surface area contributed by atoms with Crippen LogP contribution >= 0.6 is 11.6 Å². The highest BCUT2D eigenvalue weighted by atomic mass is 35.5. The zero-order valence-electron chi connectivity index (χ0n) is 19.4. The quantitative estimate of drug-likeness (QED) is 0.301. The summed E-state index contributed by atoms with van der Waals surface area (Å²) in [6, 6.07) is 20.3. The second-order valence-corrected chi connectivity index (χ2v) is 9.90. The van der Waals surface area contributed by atoms with Gasteiger partial charge in [-0.1, -0.05) is 23.7 Å². The van der Waals surface area contributed by atoms with Gasteiger partial charge in [0.15, 0.2) is 17.3 Å². The molecule has 0 radical (unpaired) electrons. The molecule has 1 amide bonds. The molecule has 0 unspecified atom stereocenters. The number of rotatable bonds is 9. The van der Waals surface area contributed by atoms with E-state index in [-0.39, 0.29) is 33.6 Å². The second-order valence-electron chi connectivity index (χ2n) is 7.51. The Kier molecular flexibility index (Phi) is 7.52. The number of halogens is 1. The van der Waals surface area contributed by atoms with Gasteiger partial charge in [0.2, 0.25) is 9.84 Å². The number of nitrogens with one attached hydrogen (secondary N) is 1. The molecule has 0 spiro atoms. The Labute approximate surface area is 213 Å². The van der Waals surface area contributed by atoms with Gasteiger partial charge in [-0.25, -0.2) is 8.42 Å². The van der Waals surface area contributed by atoms with Crippen LogP contribution in [-0.4, -0.2) is 28.5 Å². The average Bonchev–Trinajstić information content (AvgIpc) is 3.37. The van der Waals surface area contributed by atoms with Gasteiger partial charge in [-0.3, -0.25) is 4.79 Å². The Morgan fingerprint density at radius 2 is 1.61 bits per heavy atom. The summed E-state index contributed by atoms with van der Waals surface area (Å²) in [6.45, 7) is 0.0797. The van der Waals surface area contributed by atoms with Crippen molar-refractivity contribution in [3.8, 4) is 17.2 Å². The number of carbonyl (C=O) groups excluding carboxylic acids is 1. The first kappa shape index (κ1) is 25.2. The summed E-state index contributed by atoms with van der Waals surface area (Å²) >= 11 is 5.88. The molecule has 0 saturated heterocycles. The van der Waals surface area contributed by atoms with E-state index in [1.54, 1.807) is 25.3 Å². The van der Waals surface area contributed by atoms with Crippen molar-refractivity contribution in [2.45, 2.75) is 16.4 Å². The van der Waals surface area contributed by atoms with E-state index >= 15 is 0 Å². The predicted octanol–water partition coefficient (Wildman–Crippen LogP) is 5.61. The molecule has 10 heteroatoms. The third-order valence-electron chi connectivity index (χ3n) is 5.13. The number of anilines is 1. The largest absolute Gasteiger partial charge is 0.497 e. The van der Waals surface area contributed by atoms with E-state index < -0.39 is 15.7 Å². The normalized spacial score (nSPS) is 11.1. The summed E-state index contributed by atoms with van der Waals surface area (Å²) in [7, 11) is -0.940. The number of hydrogen-bond donors (Lipinski definition) is 1. The van der Waals surface area contributed by atoms with Gasteiger partial charge < -0.3 is 23.9 Å². The second kappa shape index (κ2) is 10.8. The van der Waals surface area contributed by atoms with Crippen molar-refractivity contribution in [3.05, 3.63) is 95.4 Å². The number of para-hydroxylation sites is 2. The minimum Gasteiger partial charge on any atom is -0.497 e. The van der Waals surface area contributed by atoms with E-state index in [0.29, 0.717) is 22.3 Å². The lowest BCUT2D eigenvalue weighted by Gasteiger charge is -2.11. The van der Waals surface area contributed by atoms with Crippen molar-refractivity contribution in [1.82, 2.24) is 0 Å². The Bertz CT molecular complexity index is 1480. The first-order valence-corrected chi connectivity index (χ1v) is 12.5. The molecule has 8 nitrogen and oxygen atoms in total. The molecule has 0 fully saturated rings. The molecule has 1 N–H and O–H groups in total. The molecular weight excluding hydrogens is 506 g/mol. The zero-order valence-corrected chi connectivity index (χ0v) is 20.9. The average molecular weight is 528 g/mol. The van der Waals surface area contributed by atoms with Gasteiger partial charge in [0.05, 0.1) is 24.0 Å². The van der Waals surface area contributed by atoms with E-state index in [0.717, 1.165) is 0 Å². The molecule has 36 heavy (non-hydrogen) atoms. The van der Waals surface area contributed by atoms with E-state index in [4.69, 9.17) is 30.2 Å². The summed E-state index contributed by atoms with van der Waals surface area (Å²) in [5, 5.41) is 3.07. The standard InChI is InChI=1S/C26H22ClNO7S/c1-32-20-13-18(14-22(15-20)36(30,31)21-10-7-17(27)8-11-21)28-26(29)25-12-9-19(35-25)16-34-24-6-4-3-5-23(24)33-2/h3-15H,16H2,1-2H3,(H,28,29). The summed E-state index contributed by atoms with van der Waals surface area (Å²) in [6.07, 6.45) is 0. The van der Waals surface area contributed by atoms with Gasteiger partial charge in [0.1, 0.15) is 18.1 Å². The van der Waals surface area contributed by atoms with Gasteiger partial charge in [-0.05, 0) is 60.7 Å². The fourth-order valence-corrected chi connectivity index (χ4v) is 4.77. The third kappa shape index (κ3) is 5.64. The molecule has 0 aliphatic rings. The van der Waals surface area contributed by atoms with E-state index in [2.05, 4.69) is 5.32 Å². The number of carbonyl (C=O) groups is 1. The molecule has 1 heterocycles. The van der Waals surface area contributed by atoms with Gasteiger partial charge in [0.25, 0.3) is 5.91 Å². The molecule has 0 atom stereocenters. The van der Waals surface area contributed by atoms with Crippen LogP contribution in [0.25, 0.3) is 0 Å². The topological polar surface area (TPSA) is 104 Å². The molecule has 3 aromatic carbocycles. The van der Waals surface area contributed by atoms with Gasteiger partial charge in [-0.15, -0.1) is 0 Å². The lowest BCUT2D eigenvalue weighted by atomic mass is 10.3. The minimum absolute atomic E-state index is 0.0264. The first-order valence-electron chi connectivity index (χ1n) is 10.7. The van der Waals surface area contributed by atoms with Crippen LogP contribution in [0.5, 0.6) is 17.2 Å². The molecule has 4 rings (SSSR count). The zero-order chi connectivity index (χ0) is 25.7. The summed E-state index contributed by atoms with van der Waals surface area (Å²) in [5.74, 6) is 1.24. The maximum absolute atomic E-state index is 13.1. The van der Waals surface area contributed by atoms with Crippen molar-refractivity contribution < 1.29 is 31.8 Å². The maximum Gasteiger partial charge on any atom is 0.291 e. The number of sulfone groups is 1. The monoisotopic (exact) mass is 527 g/mol. The first-order chi connectivity index (χ1) is 17.3. The number of methoxy groups -OCH3 is 2. The van der Waals surface area contributed by atoms with Crippen molar-refractivity contribution in [3.63, 3.8) is 0 Å². The lowest BCUT2D eigenvalue weighted by molar-refractivity contribution is 0.0992. The Hall–Kier alpha value is -3.95. The number of hydrogen-bond acceptors (Lipinski definition) is 7. The molecule has 1 aromatic heterocycles. The van der Waals surface area contributed by atoms with Crippen LogP contribution in [0, 0.1) is 0 Å². The number of ether oxygens (including phenoxy) is 3. The summed E-state index contributed by atoms with van der Waals surface area (Å²) < 4.78 is 48.0. The van der Waals surface area contributed by atoms with Crippen LogP contribution in [0.1, 0.15) is 16.3 Å². The Balaban J connectivity index is 1.51. The molecule has 4 aromatic rings. The van der Waals surface area contributed by atoms with E-state index in [9.17, 15) is 13.2 Å². The SMILES string of the molecule is COc1cc(NC(=O)c2ccc(COc3ccccc3OC)o2)cc(S(=O)(=O)c2ccc(Cl)cc2)c1.